The first-order valence-electron chi connectivity index (χ1n) is 10.4. The van der Waals surface area contributed by atoms with Crippen LogP contribution >= 0.6 is 11.3 Å². The topological polar surface area (TPSA) is 84.5 Å². The number of hydrogen-bond acceptors (Lipinski definition) is 5. The minimum Gasteiger partial charge on any atom is -0.462 e. The summed E-state index contributed by atoms with van der Waals surface area (Å²) in [6.45, 7) is 3.74. The van der Waals surface area contributed by atoms with Crippen molar-refractivity contribution in [2.75, 3.05) is 11.9 Å². The summed E-state index contributed by atoms with van der Waals surface area (Å²) < 4.78 is 5.19. The molecule has 0 radical (unpaired) electrons. The van der Waals surface area contributed by atoms with E-state index in [1.165, 1.54) is 17.8 Å². The van der Waals surface area contributed by atoms with E-state index in [1.807, 2.05) is 0 Å². The van der Waals surface area contributed by atoms with E-state index in [-0.39, 0.29) is 30.4 Å². The van der Waals surface area contributed by atoms with Crippen LogP contribution in [0.2, 0.25) is 0 Å². The number of nitrogens with one attached hydrogen (secondary N) is 2. The Morgan fingerprint density at radius 1 is 1.04 bits per heavy atom. The second kappa shape index (κ2) is 9.54. The Hall–Kier alpha value is -1.89. The Morgan fingerprint density at radius 2 is 1.68 bits per heavy atom. The molecule has 0 atom stereocenters. The van der Waals surface area contributed by atoms with Crippen molar-refractivity contribution in [2.24, 2.45) is 5.92 Å². The number of amides is 2. The fourth-order valence-electron chi connectivity index (χ4n) is 4.17. The Bertz CT molecular complexity index is 731. The van der Waals surface area contributed by atoms with Crippen molar-refractivity contribution in [3.63, 3.8) is 0 Å². The Balaban J connectivity index is 1.82. The van der Waals surface area contributed by atoms with Gasteiger partial charge in [0.05, 0.1) is 17.0 Å². The molecule has 0 aliphatic heterocycles. The maximum Gasteiger partial charge on any atom is 0.341 e. The summed E-state index contributed by atoms with van der Waals surface area (Å²) >= 11 is 1.18. The highest BCUT2D eigenvalue weighted by molar-refractivity contribution is 7.18. The third-order valence-electron chi connectivity index (χ3n) is 5.74. The van der Waals surface area contributed by atoms with E-state index in [0.29, 0.717) is 21.0 Å². The summed E-state index contributed by atoms with van der Waals surface area (Å²) in [6.07, 6.45) is 9.28. The number of carbonyl (C=O) groups excluding carboxylic acids is 3. The van der Waals surface area contributed by atoms with E-state index in [2.05, 4.69) is 10.6 Å². The normalized spacial score (nSPS) is 18.1. The van der Waals surface area contributed by atoms with E-state index in [0.717, 1.165) is 51.4 Å². The van der Waals surface area contributed by atoms with Crippen LogP contribution in [0.3, 0.4) is 0 Å². The van der Waals surface area contributed by atoms with Gasteiger partial charge in [0.15, 0.2) is 0 Å². The molecule has 28 heavy (non-hydrogen) atoms. The zero-order valence-electron chi connectivity index (χ0n) is 16.8. The van der Waals surface area contributed by atoms with Crippen LogP contribution in [0.4, 0.5) is 5.00 Å². The quantitative estimate of drug-likeness (QED) is 0.685. The first kappa shape index (κ1) is 20.8. The Morgan fingerprint density at radius 3 is 2.32 bits per heavy atom. The van der Waals surface area contributed by atoms with Crippen molar-refractivity contribution < 1.29 is 19.1 Å². The van der Waals surface area contributed by atoms with Crippen molar-refractivity contribution >= 4 is 34.1 Å². The maximum absolute atomic E-state index is 12.8. The van der Waals surface area contributed by atoms with Crippen LogP contribution in [0, 0.1) is 12.8 Å². The van der Waals surface area contributed by atoms with Gasteiger partial charge in [0.2, 0.25) is 5.91 Å². The molecular formula is C21H30N2O4S. The third kappa shape index (κ3) is 4.74. The minimum absolute atomic E-state index is 0.0260. The SMILES string of the molecule is CCOC(=O)c1c(NC(=O)C2CCCCC2)sc(C(=O)NC2CCCC2)c1C. The molecule has 2 N–H and O–H groups in total. The molecule has 7 heteroatoms. The molecule has 6 nitrogen and oxygen atoms in total. The van der Waals surface area contributed by atoms with Gasteiger partial charge in [0, 0.05) is 12.0 Å². The molecule has 2 fully saturated rings. The molecule has 0 unspecified atom stereocenters. The van der Waals surface area contributed by atoms with Gasteiger partial charge < -0.3 is 15.4 Å². The van der Waals surface area contributed by atoms with E-state index in [9.17, 15) is 14.4 Å². The molecule has 1 heterocycles. The van der Waals surface area contributed by atoms with Gasteiger partial charge in [-0.3, -0.25) is 9.59 Å². The summed E-state index contributed by atoms with van der Waals surface area (Å²) in [4.78, 5) is 38.5. The predicted molar refractivity (Wildman–Crippen MR) is 110 cm³/mol. The molecule has 154 valence electrons. The summed E-state index contributed by atoms with van der Waals surface area (Å²) in [5, 5.41) is 6.43. The molecule has 1 aromatic heterocycles. The van der Waals surface area contributed by atoms with Crippen LogP contribution in [0.15, 0.2) is 0 Å². The second-order valence-electron chi connectivity index (χ2n) is 7.76. The fraction of sp³-hybridized carbons (Fsp3) is 0.667. The molecule has 2 aliphatic rings. The van der Waals surface area contributed by atoms with Gasteiger partial charge in [0.25, 0.3) is 5.91 Å². The summed E-state index contributed by atoms with van der Waals surface area (Å²) in [5.74, 6) is -0.746. The fourth-order valence-corrected chi connectivity index (χ4v) is 5.27. The zero-order chi connectivity index (χ0) is 20.1. The van der Waals surface area contributed by atoms with Gasteiger partial charge in [-0.05, 0) is 45.1 Å². The van der Waals surface area contributed by atoms with Crippen LogP contribution in [-0.4, -0.2) is 30.4 Å². The number of hydrogen-bond donors (Lipinski definition) is 2. The predicted octanol–water partition coefficient (Wildman–Crippen LogP) is 4.42. The molecule has 3 rings (SSSR count). The van der Waals surface area contributed by atoms with Crippen molar-refractivity contribution in [3.8, 4) is 0 Å². The van der Waals surface area contributed by atoms with Gasteiger partial charge in [-0.1, -0.05) is 32.1 Å². The lowest BCUT2D eigenvalue weighted by Gasteiger charge is -2.20. The first-order valence-corrected chi connectivity index (χ1v) is 11.2. The lowest BCUT2D eigenvalue weighted by molar-refractivity contribution is -0.120. The van der Waals surface area contributed by atoms with Gasteiger partial charge in [0.1, 0.15) is 5.00 Å². The number of carbonyl (C=O) groups is 3. The van der Waals surface area contributed by atoms with Gasteiger partial charge >= 0.3 is 5.97 Å². The van der Waals surface area contributed by atoms with Crippen LogP contribution in [0.1, 0.15) is 90.3 Å². The number of anilines is 1. The van der Waals surface area contributed by atoms with Crippen molar-refractivity contribution in [2.45, 2.75) is 77.7 Å². The molecule has 1 aromatic rings. The lowest BCUT2D eigenvalue weighted by atomic mass is 9.89. The highest BCUT2D eigenvalue weighted by Crippen LogP contribution is 2.35. The van der Waals surface area contributed by atoms with Crippen LogP contribution in [0.5, 0.6) is 0 Å². The first-order chi connectivity index (χ1) is 13.5. The van der Waals surface area contributed by atoms with E-state index in [1.54, 1.807) is 13.8 Å². The van der Waals surface area contributed by atoms with Crippen LogP contribution in [-0.2, 0) is 9.53 Å². The monoisotopic (exact) mass is 406 g/mol. The lowest BCUT2D eigenvalue weighted by Crippen LogP contribution is -2.32. The standard InChI is InChI=1S/C21H30N2O4S/c1-3-27-21(26)16-13(2)17(19(25)22-15-11-7-8-12-15)28-20(16)23-18(24)14-9-5-4-6-10-14/h14-15H,3-12H2,1-2H3,(H,22,25)(H,23,24). The Labute approximate surface area is 170 Å². The largest absolute Gasteiger partial charge is 0.462 e. The van der Waals surface area contributed by atoms with E-state index >= 15 is 0 Å². The van der Waals surface area contributed by atoms with Crippen LogP contribution in [0.25, 0.3) is 0 Å². The molecule has 0 bridgehead atoms. The summed E-state index contributed by atoms with van der Waals surface area (Å²) in [6, 6.07) is 0.195. The van der Waals surface area contributed by atoms with Gasteiger partial charge in [-0.2, -0.15) is 0 Å². The molecule has 2 saturated carbocycles. The molecule has 0 saturated heterocycles. The van der Waals surface area contributed by atoms with E-state index in [4.69, 9.17) is 4.74 Å². The van der Waals surface area contributed by atoms with Crippen LogP contribution < -0.4 is 10.6 Å². The molecule has 0 spiro atoms. The highest BCUT2D eigenvalue weighted by atomic mass is 32.1. The maximum atomic E-state index is 12.8. The van der Waals surface area contributed by atoms with Gasteiger partial charge in [-0.25, -0.2) is 4.79 Å². The number of rotatable bonds is 6. The number of thiophene rings is 1. The molecule has 0 aromatic carbocycles. The minimum atomic E-state index is -0.491. The smallest absolute Gasteiger partial charge is 0.341 e. The highest BCUT2D eigenvalue weighted by Gasteiger charge is 2.30. The number of esters is 1. The summed E-state index contributed by atoms with van der Waals surface area (Å²) in [5.41, 5.74) is 0.894. The number of ether oxygens (including phenoxy) is 1. The van der Waals surface area contributed by atoms with Crippen molar-refractivity contribution in [3.05, 3.63) is 16.0 Å². The van der Waals surface area contributed by atoms with E-state index < -0.39 is 5.97 Å². The molecule has 2 amide bonds. The van der Waals surface area contributed by atoms with Gasteiger partial charge in [-0.15, -0.1) is 11.3 Å². The van der Waals surface area contributed by atoms with Crippen molar-refractivity contribution in [1.29, 1.82) is 0 Å². The summed E-state index contributed by atoms with van der Waals surface area (Å²) in [7, 11) is 0. The second-order valence-corrected chi connectivity index (χ2v) is 8.78. The third-order valence-corrected chi connectivity index (χ3v) is 6.94. The molecular weight excluding hydrogens is 376 g/mol. The zero-order valence-corrected chi connectivity index (χ0v) is 17.6. The van der Waals surface area contributed by atoms with Crippen molar-refractivity contribution in [1.82, 2.24) is 5.32 Å². The Kier molecular flexibility index (Phi) is 7.10. The average molecular weight is 407 g/mol. The average Bonchev–Trinajstić information content (AvgIpc) is 3.30. The molecule has 2 aliphatic carbocycles.